The predicted octanol–water partition coefficient (Wildman–Crippen LogP) is 6.94. The number of benzene rings is 2. The molecule has 0 bridgehead atoms. The monoisotopic (exact) mass is 543 g/mol. The molecule has 0 atom stereocenters. The second-order valence-electron chi connectivity index (χ2n) is 7.58. The van der Waals surface area contributed by atoms with Crippen LogP contribution in [-0.4, -0.2) is 20.0 Å². The van der Waals surface area contributed by atoms with Gasteiger partial charge in [0.2, 0.25) is 0 Å². The molecule has 11 heteroatoms. The summed E-state index contributed by atoms with van der Waals surface area (Å²) in [6.45, 7) is 1.18. The van der Waals surface area contributed by atoms with Crippen LogP contribution in [0.4, 0.5) is 18.9 Å². The zero-order valence-corrected chi connectivity index (χ0v) is 20.4. The molecule has 0 radical (unpaired) electrons. The standard InChI is InChI=1S/C24H18Cl2F3NO4S/c1-14(31)22-19(26)10-11-20(23(22)21(32)13-15-4-2-3-5-17(25)12-15)30-35(33,34)18-8-6-16(7-9-18)24(27,28)29/h3-12,30H,2,13H2,1H3. The van der Waals surface area contributed by atoms with Crippen LogP contribution in [0, 0.1) is 0 Å². The fourth-order valence-electron chi connectivity index (χ4n) is 3.40. The average Bonchev–Trinajstić information content (AvgIpc) is 2.97. The van der Waals surface area contributed by atoms with Gasteiger partial charge in [-0.2, -0.15) is 13.2 Å². The van der Waals surface area contributed by atoms with Crippen molar-refractivity contribution in [3.05, 3.63) is 93.0 Å². The molecule has 1 aliphatic carbocycles. The van der Waals surface area contributed by atoms with Gasteiger partial charge in [0.1, 0.15) is 0 Å². The molecule has 35 heavy (non-hydrogen) atoms. The molecule has 0 unspecified atom stereocenters. The number of sulfonamides is 1. The van der Waals surface area contributed by atoms with E-state index in [0.717, 1.165) is 12.1 Å². The summed E-state index contributed by atoms with van der Waals surface area (Å²) < 4.78 is 66.5. The van der Waals surface area contributed by atoms with Crippen molar-refractivity contribution in [1.82, 2.24) is 0 Å². The molecule has 0 heterocycles. The number of hydrogen-bond donors (Lipinski definition) is 1. The number of alkyl halides is 3. The molecule has 0 aromatic heterocycles. The molecular weight excluding hydrogens is 526 g/mol. The minimum Gasteiger partial charge on any atom is -0.294 e. The summed E-state index contributed by atoms with van der Waals surface area (Å²) in [7, 11) is -4.42. The van der Waals surface area contributed by atoms with Crippen LogP contribution in [0.3, 0.4) is 0 Å². The van der Waals surface area contributed by atoms with Crippen LogP contribution in [0.25, 0.3) is 0 Å². The van der Waals surface area contributed by atoms with E-state index in [1.54, 1.807) is 24.3 Å². The largest absolute Gasteiger partial charge is 0.416 e. The van der Waals surface area contributed by atoms with Crippen LogP contribution in [-0.2, 0) is 16.2 Å². The normalized spacial score (nSPS) is 14.1. The first-order valence-corrected chi connectivity index (χ1v) is 12.3. The molecule has 0 spiro atoms. The predicted molar refractivity (Wildman–Crippen MR) is 128 cm³/mol. The molecule has 0 fully saturated rings. The summed E-state index contributed by atoms with van der Waals surface area (Å²) in [5.41, 5.74) is -1.12. The van der Waals surface area contributed by atoms with Gasteiger partial charge in [-0.25, -0.2) is 8.42 Å². The van der Waals surface area contributed by atoms with Crippen molar-refractivity contribution in [2.24, 2.45) is 0 Å². The van der Waals surface area contributed by atoms with Crippen molar-refractivity contribution in [3.8, 4) is 0 Å². The van der Waals surface area contributed by atoms with Gasteiger partial charge in [0.05, 0.1) is 26.7 Å². The molecule has 184 valence electrons. The Morgan fingerprint density at radius 2 is 1.69 bits per heavy atom. The maximum Gasteiger partial charge on any atom is 0.416 e. The summed E-state index contributed by atoms with van der Waals surface area (Å²) in [5, 5.41) is 0.339. The van der Waals surface area contributed by atoms with Crippen LogP contribution in [0.15, 0.2) is 76.2 Å². The Bertz CT molecular complexity index is 1380. The third-order valence-corrected chi connectivity index (χ3v) is 6.93. The van der Waals surface area contributed by atoms with E-state index in [1.807, 2.05) is 0 Å². The lowest BCUT2D eigenvalue weighted by molar-refractivity contribution is -0.137. The number of nitrogens with one attached hydrogen (secondary N) is 1. The lowest BCUT2D eigenvalue weighted by atomic mass is 9.94. The summed E-state index contributed by atoms with van der Waals surface area (Å²) in [6.07, 6.45) is 2.47. The molecule has 0 aliphatic heterocycles. The zero-order chi connectivity index (χ0) is 26.0. The van der Waals surface area contributed by atoms with Gasteiger partial charge in [-0.3, -0.25) is 14.3 Å². The van der Waals surface area contributed by atoms with Crippen LogP contribution in [0.5, 0.6) is 0 Å². The first-order valence-electron chi connectivity index (χ1n) is 10.1. The highest BCUT2D eigenvalue weighted by Crippen LogP contribution is 2.33. The molecule has 0 saturated heterocycles. The number of rotatable bonds is 7. The highest BCUT2D eigenvalue weighted by atomic mass is 35.5. The number of hydrogen-bond acceptors (Lipinski definition) is 4. The Morgan fingerprint density at radius 3 is 2.29 bits per heavy atom. The van der Waals surface area contributed by atoms with E-state index in [1.165, 1.54) is 19.1 Å². The number of ketones is 2. The second kappa shape index (κ2) is 10.4. The number of Topliss-reactive ketones (excluding diaryl/α,β-unsaturated/α-hetero) is 2. The summed E-state index contributed by atoms with van der Waals surface area (Å²) in [5.74, 6) is -1.17. The minimum atomic E-state index is -4.64. The van der Waals surface area contributed by atoms with E-state index in [2.05, 4.69) is 4.72 Å². The van der Waals surface area contributed by atoms with Crippen molar-refractivity contribution in [3.63, 3.8) is 0 Å². The maximum atomic E-state index is 13.3. The Morgan fingerprint density at radius 1 is 1.03 bits per heavy atom. The molecule has 2 aromatic carbocycles. The number of halogens is 5. The van der Waals surface area contributed by atoms with Crippen molar-refractivity contribution in [1.29, 1.82) is 0 Å². The maximum absolute atomic E-state index is 13.3. The second-order valence-corrected chi connectivity index (χ2v) is 10.1. The van der Waals surface area contributed by atoms with Gasteiger partial charge in [0.25, 0.3) is 10.0 Å². The van der Waals surface area contributed by atoms with Crippen molar-refractivity contribution < 1.29 is 31.2 Å². The van der Waals surface area contributed by atoms with Gasteiger partial charge in [0.15, 0.2) is 11.6 Å². The Balaban J connectivity index is 2.03. The highest BCUT2D eigenvalue weighted by Gasteiger charge is 2.31. The number of anilines is 1. The molecule has 0 amide bonds. The fraction of sp³-hybridized carbons (Fsp3) is 0.167. The average molecular weight is 544 g/mol. The van der Waals surface area contributed by atoms with E-state index in [0.29, 0.717) is 29.2 Å². The number of allylic oxidation sites excluding steroid dienone is 6. The number of carbonyl (C=O) groups is 2. The Labute approximate surface area is 210 Å². The molecule has 0 saturated carbocycles. The molecule has 5 nitrogen and oxygen atoms in total. The Hall–Kier alpha value is -2.88. The van der Waals surface area contributed by atoms with Crippen LogP contribution < -0.4 is 4.72 Å². The molecule has 3 rings (SSSR count). The van der Waals surface area contributed by atoms with Gasteiger partial charge in [-0.15, -0.1) is 0 Å². The van der Waals surface area contributed by atoms with Crippen LogP contribution >= 0.6 is 23.2 Å². The lowest BCUT2D eigenvalue weighted by Crippen LogP contribution is -2.18. The van der Waals surface area contributed by atoms with E-state index in [9.17, 15) is 31.2 Å². The molecule has 1 N–H and O–H groups in total. The summed E-state index contributed by atoms with van der Waals surface area (Å²) >= 11 is 12.2. The van der Waals surface area contributed by atoms with Gasteiger partial charge in [-0.1, -0.05) is 35.4 Å². The topological polar surface area (TPSA) is 80.3 Å². The third-order valence-electron chi connectivity index (χ3n) is 5.00. The van der Waals surface area contributed by atoms with Gasteiger partial charge in [0, 0.05) is 17.0 Å². The quantitative estimate of drug-likeness (QED) is 0.383. The molecule has 2 aromatic rings. The van der Waals surface area contributed by atoms with Crippen LogP contribution in [0.2, 0.25) is 5.02 Å². The third kappa shape index (κ3) is 6.42. The zero-order valence-electron chi connectivity index (χ0n) is 18.1. The van der Waals surface area contributed by atoms with Gasteiger partial charge in [-0.05, 0) is 67.5 Å². The van der Waals surface area contributed by atoms with E-state index in [-0.39, 0.29) is 28.3 Å². The molecule has 1 aliphatic rings. The van der Waals surface area contributed by atoms with E-state index >= 15 is 0 Å². The highest BCUT2D eigenvalue weighted by molar-refractivity contribution is 7.92. The van der Waals surface area contributed by atoms with Crippen LogP contribution in [0.1, 0.15) is 46.0 Å². The van der Waals surface area contributed by atoms with Gasteiger partial charge >= 0.3 is 6.18 Å². The fourth-order valence-corrected chi connectivity index (χ4v) is 5.00. The van der Waals surface area contributed by atoms with E-state index < -0.39 is 38.2 Å². The smallest absolute Gasteiger partial charge is 0.294 e. The van der Waals surface area contributed by atoms with Crippen molar-refractivity contribution in [2.45, 2.75) is 30.8 Å². The SMILES string of the molecule is CC(=O)c1c(Cl)ccc(NS(=O)(=O)c2ccc(C(F)(F)F)cc2)c1C(=O)CC1=CCC=CC(Cl)=C1. The lowest BCUT2D eigenvalue weighted by Gasteiger charge is -2.16. The number of carbonyl (C=O) groups excluding carboxylic acids is 2. The van der Waals surface area contributed by atoms with Crippen molar-refractivity contribution >= 4 is 50.5 Å². The van der Waals surface area contributed by atoms with Crippen molar-refractivity contribution in [2.75, 3.05) is 4.72 Å². The first-order chi connectivity index (χ1) is 16.3. The molecular formula is C24H18Cl2F3NO4S. The summed E-state index contributed by atoms with van der Waals surface area (Å²) in [4.78, 5) is 25.2. The van der Waals surface area contributed by atoms with E-state index in [4.69, 9.17) is 23.2 Å². The minimum absolute atomic E-state index is 0.0524. The Kier molecular flexibility index (Phi) is 7.93. The summed E-state index contributed by atoms with van der Waals surface area (Å²) in [6, 6.07) is 5.33. The van der Waals surface area contributed by atoms with Gasteiger partial charge < -0.3 is 0 Å². The first kappa shape index (κ1) is 26.7.